The highest BCUT2D eigenvalue weighted by atomic mass is 32.2. The fraction of sp³-hybridized carbons (Fsp3) is 0.133. The van der Waals surface area contributed by atoms with Crippen molar-refractivity contribution in [3.63, 3.8) is 0 Å². The first-order valence-electron chi connectivity index (χ1n) is 6.11. The van der Waals surface area contributed by atoms with E-state index in [1.54, 1.807) is 24.3 Å². The number of phenols is 1. The summed E-state index contributed by atoms with van der Waals surface area (Å²) in [5, 5.41) is 9.17. The molecule has 21 heavy (non-hydrogen) atoms. The number of Topliss-reactive ketones (excluding diaryl/α,β-unsaturated/α-hetero) is 1. The molecule has 2 rings (SSSR count). The third-order valence-corrected chi connectivity index (χ3v) is 4.95. The number of carbonyl (C=O) groups excluding carboxylic acids is 1. The van der Waals surface area contributed by atoms with Crippen LogP contribution in [0.2, 0.25) is 0 Å². The molecule has 2 aromatic carbocycles. The SMILES string of the molecule is CS(=O)(=O)c1ccc(SCC(=O)c2ccc(O)cc2)cc1. The normalized spacial score (nSPS) is 11.3. The van der Waals surface area contributed by atoms with E-state index in [0.29, 0.717) is 5.56 Å². The highest BCUT2D eigenvalue weighted by molar-refractivity contribution is 8.00. The van der Waals surface area contributed by atoms with E-state index >= 15 is 0 Å². The second-order valence-corrected chi connectivity index (χ2v) is 7.57. The summed E-state index contributed by atoms with van der Waals surface area (Å²) in [5.74, 6) is 0.325. The number of benzene rings is 2. The molecule has 0 atom stereocenters. The van der Waals surface area contributed by atoms with Crippen molar-refractivity contribution in [3.8, 4) is 5.75 Å². The smallest absolute Gasteiger partial charge is 0.175 e. The Morgan fingerprint density at radius 3 is 2.14 bits per heavy atom. The fourth-order valence-corrected chi connectivity index (χ4v) is 3.09. The number of phenolic OH excluding ortho intramolecular Hbond substituents is 1. The van der Waals surface area contributed by atoms with Crippen molar-refractivity contribution < 1.29 is 18.3 Å². The molecule has 110 valence electrons. The van der Waals surface area contributed by atoms with Gasteiger partial charge in [-0.15, -0.1) is 11.8 Å². The van der Waals surface area contributed by atoms with Gasteiger partial charge in [0.25, 0.3) is 0 Å². The Morgan fingerprint density at radius 1 is 1.05 bits per heavy atom. The first kappa shape index (κ1) is 15.6. The molecule has 4 nitrogen and oxygen atoms in total. The zero-order valence-electron chi connectivity index (χ0n) is 11.3. The van der Waals surface area contributed by atoms with Gasteiger partial charge in [-0.2, -0.15) is 0 Å². The van der Waals surface area contributed by atoms with Crippen LogP contribution in [0.15, 0.2) is 58.3 Å². The van der Waals surface area contributed by atoms with Gasteiger partial charge in [0.05, 0.1) is 10.6 Å². The number of ketones is 1. The maximum Gasteiger partial charge on any atom is 0.175 e. The number of rotatable bonds is 5. The lowest BCUT2D eigenvalue weighted by Gasteiger charge is -2.03. The molecule has 0 saturated carbocycles. The van der Waals surface area contributed by atoms with E-state index in [4.69, 9.17) is 0 Å². The molecule has 0 amide bonds. The van der Waals surface area contributed by atoms with E-state index in [-0.39, 0.29) is 22.2 Å². The van der Waals surface area contributed by atoms with Crippen molar-refractivity contribution in [2.24, 2.45) is 0 Å². The molecule has 0 fully saturated rings. The van der Waals surface area contributed by atoms with Crippen LogP contribution in [-0.2, 0) is 9.84 Å². The summed E-state index contributed by atoms with van der Waals surface area (Å²) in [7, 11) is -3.20. The van der Waals surface area contributed by atoms with Crippen molar-refractivity contribution in [1.29, 1.82) is 0 Å². The Hall–Kier alpha value is -1.79. The van der Waals surface area contributed by atoms with Crippen LogP contribution in [-0.4, -0.2) is 31.3 Å². The molecule has 0 bridgehead atoms. The van der Waals surface area contributed by atoms with Gasteiger partial charge in [-0.3, -0.25) is 4.79 Å². The van der Waals surface area contributed by atoms with Gasteiger partial charge < -0.3 is 5.11 Å². The number of sulfone groups is 1. The summed E-state index contributed by atoms with van der Waals surface area (Å²) < 4.78 is 22.7. The minimum atomic E-state index is -3.20. The van der Waals surface area contributed by atoms with Gasteiger partial charge in [-0.05, 0) is 48.5 Å². The quantitative estimate of drug-likeness (QED) is 0.677. The van der Waals surface area contributed by atoms with E-state index < -0.39 is 9.84 Å². The summed E-state index contributed by atoms with van der Waals surface area (Å²) in [6.45, 7) is 0. The average Bonchev–Trinajstić information content (AvgIpc) is 2.45. The first-order valence-corrected chi connectivity index (χ1v) is 8.99. The van der Waals surface area contributed by atoms with E-state index in [1.807, 2.05) is 0 Å². The second-order valence-electron chi connectivity index (χ2n) is 4.50. The van der Waals surface area contributed by atoms with Gasteiger partial charge in [0.15, 0.2) is 15.6 Å². The van der Waals surface area contributed by atoms with E-state index in [1.165, 1.54) is 36.0 Å². The molecule has 0 radical (unpaired) electrons. The predicted octanol–water partition coefficient (Wildman–Crippen LogP) is 2.77. The van der Waals surface area contributed by atoms with Gasteiger partial charge in [-0.25, -0.2) is 8.42 Å². The Kier molecular flexibility index (Phi) is 4.69. The molecule has 0 heterocycles. The molecular weight excluding hydrogens is 308 g/mol. The molecule has 2 aromatic rings. The molecular formula is C15H14O4S2. The summed E-state index contributed by atoms with van der Waals surface area (Å²) in [4.78, 5) is 13.0. The highest BCUT2D eigenvalue weighted by Crippen LogP contribution is 2.21. The lowest BCUT2D eigenvalue weighted by molar-refractivity contribution is 0.102. The lowest BCUT2D eigenvalue weighted by Crippen LogP contribution is -2.02. The van der Waals surface area contributed by atoms with Crippen LogP contribution in [0.5, 0.6) is 5.75 Å². The molecule has 0 aliphatic heterocycles. The molecule has 0 unspecified atom stereocenters. The minimum Gasteiger partial charge on any atom is -0.508 e. The molecule has 0 spiro atoms. The molecule has 6 heteroatoms. The van der Waals surface area contributed by atoms with Crippen molar-refractivity contribution >= 4 is 27.4 Å². The minimum absolute atomic E-state index is 0.0489. The fourth-order valence-electron chi connectivity index (χ4n) is 1.66. The number of carbonyl (C=O) groups is 1. The van der Waals surface area contributed by atoms with Gasteiger partial charge in [-0.1, -0.05) is 0 Å². The van der Waals surface area contributed by atoms with Crippen LogP contribution >= 0.6 is 11.8 Å². The van der Waals surface area contributed by atoms with Crippen molar-refractivity contribution in [2.75, 3.05) is 12.0 Å². The van der Waals surface area contributed by atoms with Gasteiger partial charge >= 0.3 is 0 Å². The van der Waals surface area contributed by atoms with Crippen LogP contribution < -0.4 is 0 Å². The number of thioether (sulfide) groups is 1. The molecule has 1 N–H and O–H groups in total. The van der Waals surface area contributed by atoms with Gasteiger partial charge in [0.1, 0.15) is 5.75 Å². The maximum atomic E-state index is 12.0. The molecule has 0 saturated heterocycles. The molecule has 0 aliphatic rings. The summed E-state index contributed by atoms with van der Waals surface area (Å²) in [5.41, 5.74) is 0.535. The third-order valence-electron chi connectivity index (χ3n) is 2.81. The summed E-state index contributed by atoms with van der Waals surface area (Å²) in [6.07, 6.45) is 1.16. The lowest BCUT2D eigenvalue weighted by atomic mass is 10.1. The number of aromatic hydroxyl groups is 1. The van der Waals surface area contributed by atoms with E-state index in [2.05, 4.69) is 0 Å². The molecule has 0 aromatic heterocycles. The average molecular weight is 322 g/mol. The third kappa shape index (κ3) is 4.34. The number of hydrogen-bond acceptors (Lipinski definition) is 5. The second kappa shape index (κ2) is 6.32. The summed E-state index contributed by atoms with van der Waals surface area (Å²) in [6, 6.07) is 12.5. The Labute approximate surface area is 127 Å². The maximum absolute atomic E-state index is 12.0. The van der Waals surface area contributed by atoms with Crippen LogP contribution in [0.4, 0.5) is 0 Å². The van der Waals surface area contributed by atoms with E-state index in [9.17, 15) is 18.3 Å². The monoisotopic (exact) mass is 322 g/mol. The largest absolute Gasteiger partial charge is 0.508 e. The van der Waals surface area contributed by atoms with Crippen LogP contribution in [0, 0.1) is 0 Å². The van der Waals surface area contributed by atoms with Crippen LogP contribution in [0.3, 0.4) is 0 Å². The van der Waals surface area contributed by atoms with Crippen LogP contribution in [0.1, 0.15) is 10.4 Å². The Morgan fingerprint density at radius 2 is 1.62 bits per heavy atom. The van der Waals surface area contributed by atoms with Gasteiger partial charge in [0.2, 0.25) is 0 Å². The first-order chi connectivity index (χ1) is 9.86. The van der Waals surface area contributed by atoms with E-state index in [0.717, 1.165) is 11.2 Å². The Bertz CT molecular complexity index is 732. The van der Waals surface area contributed by atoms with Gasteiger partial charge in [0, 0.05) is 16.7 Å². The summed E-state index contributed by atoms with van der Waals surface area (Å²) >= 11 is 1.34. The standard InChI is InChI=1S/C15H14O4S2/c1-21(18,19)14-8-6-13(7-9-14)20-10-15(17)11-2-4-12(16)5-3-11/h2-9,16H,10H2,1H3. The zero-order valence-corrected chi connectivity index (χ0v) is 12.9. The highest BCUT2D eigenvalue weighted by Gasteiger charge is 2.09. The zero-order chi connectivity index (χ0) is 15.5. The predicted molar refractivity (Wildman–Crippen MR) is 82.7 cm³/mol. The van der Waals surface area contributed by atoms with Crippen molar-refractivity contribution in [3.05, 3.63) is 54.1 Å². The number of hydrogen-bond donors (Lipinski definition) is 1. The van der Waals surface area contributed by atoms with Crippen molar-refractivity contribution in [1.82, 2.24) is 0 Å². The molecule has 0 aliphatic carbocycles. The van der Waals surface area contributed by atoms with Crippen molar-refractivity contribution in [2.45, 2.75) is 9.79 Å². The van der Waals surface area contributed by atoms with Crippen LogP contribution in [0.25, 0.3) is 0 Å². The Balaban J connectivity index is 2.00. The topological polar surface area (TPSA) is 71.4 Å².